The van der Waals surface area contributed by atoms with Gasteiger partial charge in [0.15, 0.2) is 0 Å². The predicted molar refractivity (Wildman–Crippen MR) is 99.9 cm³/mol. The third kappa shape index (κ3) is 5.99. The van der Waals surface area contributed by atoms with Crippen molar-refractivity contribution in [3.05, 3.63) is 71.5 Å². The van der Waals surface area contributed by atoms with Gasteiger partial charge in [0.2, 0.25) is 11.8 Å². The summed E-state index contributed by atoms with van der Waals surface area (Å²) in [6, 6.07) is 16.1. The molecule has 0 saturated carbocycles. The van der Waals surface area contributed by atoms with Crippen molar-refractivity contribution in [1.29, 1.82) is 0 Å². The number of carbonyl (C=O) groups excluding carboxylic acids is 2. The van der Waals surface area contributed by atoms with Crippen LogP contribution in [0.3, 0.4) is 0 Å². The molecule has 2 aromatic rings. The maximum absolute atomic E-state index is 13.6. The van der Waals surface area contributed by atoms with E-state index < -0.39 is 0 Å². The molecule has 0 radical (unpaired) electrons. The van der Waals surface area contributed by atoms with Crippen LogP contribution in [0.1, 0.15) is 31.4 Å². The van der Waals surface area contributed by atoms with Crippen LogP contribution in [0, 0.1) is 5.82 Å². The van der Waals surface area contributed by atoms with E-state index in [1.807, 2.05) is 44.2 Å². The lowest BCUT2D eigenvalue weighted by atomic mass is 10.1. The van der Waals surface area contributed by atoms with E-state index in [1.54, 1.807) is 23.1 Å². The third-order valence-electron chi connectivity index (χ3n) is 4.13. The molecule has 0 aliphatic rings. The molecule has 138 valence electrons. The lowest BCUT2D eigenvalue weighted by Crippen LogP contribution is -2.39. The van der Waals surface area contributed by atoms with Crippen LogP contribution in [0.25, 0.3) is 0 Å². The summed E-state index contributed by atoms with van der Waals surface area (Å²) in [5.41, 5.74) is 1.57. The highest BCUT2D eigenvalue weighted by Crippen LogP contribution is 2.10. The number of carbonyl (C=O) groups is 2. The first-order valence-corrected chi connectivity index (χ1v) is 8.81. The molecule has 1 N–H and O–H groups in total. The summed E-state index contributed by atoms with van der Waals surface area (Å²) in [6.45, 7) is 4.63. The lowest BCUT2D eigenvalue weighted by molar-refractivity contribution is -0.137. The molecule has 0 saturated heterocycles. The Balaban J connectivity index is 1.84. The largest absolute Gasteiger partial charge is 0.355 e. The number of benzene rings is 2. The number of amides is 2. The first-order valence-electron chi connectivity index (χ1n) is 8.81. The molecular weight excluding hydrogens is 331 g/mol. The molecule has 2 aromatic carbocycles. The fourth-order valence-electron chi connectivity index (χ4n) is 2.68. The summed E-state index contributed by atoms with van der Waals surface area (Å²) in [5, 5.41) is 2.69. The zero-order valence-electron chi connectivity index (χ0n) is 15.2. The Kier molecular flexibility index (Phi) is 7.33. The Labute approximate surface area is 154 Å². The van der Waals surface area contributed by atoms with Gasteiger partial charge < -0.3 is 10.2 Å². The van der Waals surface area contributed by atoms with Gasteiger partial charge in [-0.05, 0) is 37.5 Å². The Morgan fingerprint density at radius 1 is 1.04 bits per heavy atom. The Morgan fingerprint density at radius 3 is 2.35 bits per heavy atom. The van der Waals surface area contributed by atoms with Crippen LogP contribution >= 0.6 is 0 Å². The van der Waals surface area contributed by atoms with Crippen LogP contribution in [0.15, 0.2) is 54.6 Å². The van der Waals surface area contributed by atoms with E-state index in [0.29, 0.717) is 25.1 Å². The van der Waals surface area contributed by atoms with E-state index in [0.717, 1.165) is 5.56 Å². The van der Waals surface area contributed by atoms with Crippen molar-refractivity contribution in [2.24, 2.45) is 0 Å². The zero-order chi connectivity index (χ0) is 18.9. The molecular formula is C21H25FN2O2. The highest BCUT2D eigenvalue weighted by Gasteiger charge is 2.20. The van der Waals surface area contributed by atoms with Crippen LogP contribution < -0.4 is 5.32 Å². The van der Waals surface area contributed by atoms with E-state index in [1.165, 1.54) is 6.07 Å². The number of nitrogens with one attached hydrogen (secondary N) is 1. The summed E-state index contributed by atoms with van der Waals surface area (Å²) >= 11 is 0. The normalized spacial score (nSPS) is 10.6. The summed E-state index contributed by atoms with van der Waals surface area (Å²) in [4.78, 5) is 26.2. The van der Waals surface area contributed by atoms with Gasteiger partial charge in [0, 0.05) is 19.1 Å². The standard InChI is InChI=1S/C21H25FN2O2/c1-16(2)24(15-17-8-4-3-5-9-17)21(26)14-20(25)23-13-12-18-10-6-7-11-19(18)22/h3-11,16H,12-15H2,1-2H3,(H,23,25). The SMILES string of the molecule is CC(C)N(Cc1ccccc1)C(=O)CC(=O)NCCc1ccccc1F. The molecule has 0 bridgehead atoms. The number of nitrogens with zero attached hydrogens (tertiary/aromatic N) is 1. The Bertz CT molecular complexity index is 732. The molecule has 0 atom stereocenters. The molecule has 0 aliphatic carbocycles. The maximum atomic E-state index is 13.6. The smallest absolute Gasteiger partial charge is 0.232 e. The monoisotopic (exact) mass is 356 g/mol. The molecule has 2 amide bonds. The molecule has 5 heteroatoms. The highest BCUT2D eigenvalue weighted by atomic mass is 19.1. The summed E-state index contributed by atoms with van der Waals surface area (Å²) in [5.74, 6) is -0.844. The maximum Gasteiger partial charge on any atom is 0.232 e. The van der Waals surface area contributed by atoms with Gasteiger partial charge >= 0.3 is 0 Å². The van der Waals surface area contributed by atoms with Gasteiger partial charge in [0.05, 0.1) is 0 Å². The minimum Gasteiger partial charge on any atom is -0.355 e. The van der Waals surface area contributed by atoms with Gasteiger partial charge in [-0.2, -0.15) is 0 Å². The summed E-state index contributed by atoms with van der Waals surface area (Å²) in [7, 11) is 0. The molecule has 0 aliphatic heterocycles. The fourth-order valence-corrected chi connectivity index (χ4v) is 2.68. The van der Waals surface area contributed by atoms with E-state index in [4.69, 9.17) is 0 Å². The summed E-state index contributed by atoms with van der Waals surface area (Å²) in [6.07, 6.45) is 0.187. The van der Waals surface area contributed by atoms with Gasteiger partial charge in [-0.15, -0.1) is 0 Å². The van der Waals surface area contributed by atoms with Gasteiger partial charge in [0.1, 0.15) is 12.2 Å². The number of rotatable bonds is 8. The quantitative estimate of drug-likeness (QED) is 0.738. The summed E-state index contributed by atoms with van der Waals surface area (Å²) < 4.78 is 13.6. The number of hydrogen-bond acceptors (Lipinski definition) is 2. The van der Waals surface area contributed by atoms with Crippen molar-refractivity contribution < 1.29 is 14.0 Å². The van der Waals surface area contributed by atoms with Crippen molar-refractivity contribution in [1.82, 2.24) is 10.2 Å². The molecule has 0 heterocycles. The van der Waals surface area contributed by atoms with Gasteiger partial charge in [0.25, 0.3) is 0 Å². The molecule has 0 unspecified atom stereocenters. The predicted octanol–water partition coefficient (Wildman–Crippen LogP) is 3.31. The second kappa shape index (κ2) is 9.70. The molecule has 26 heavy (non-hydrogen) atoms. The average Bonchev–Trinajstić information content (AvgIpc) is 2.62. The average molecular weight is 356 g/mol. The second-order valence-corrected chi connectivity index (χ2v) is 6.47. The first kappa shape index (κ1) is 19.6. The van der Waals surface area contributed by atoms with E-state index in [9.17, 15) is 14.0 Å². The van der Waals surface area contributed by atoms with E-state index >= 15 is 0 Å². The van der Waals surface area contributed by atoms with Gasteiger partial charge in [-0.25, -0.2) is 4.39 Å². The second-order valence-electron chi connectivity index (χ2n) is 6.47. The molecule has 2 rings (SSSR count). The van der Waals surface area contributed by atoms with E-state index in [-0.39, 0.29) is 30.1 Å². The fraction of sp³-hybridized carbons (Fsp3) is 0.333. The van der Waals surface area contributed by atoms with Crippen LogP contribution in [0.2, 0.25) is 0 Å². The van der Waals surface area contributed by atoms with Gasteiger partial charge in [-0.3, -0.25) is 9.59 Å². The molecule has 4 nitrogen and oxygen atoms in total. The topological polar surface area (TPSA) is 49.4 Å². The van der Waals surface area contributed by atoms with Gasteiger partial charge in [-0.1, -0.05) is 48.5 Å². The van der Waals surface area contributed by atoms with Crippen molar-refractivity contribution in [3.63, 3.8) is 0 Å². The zero-order valence-corrected chi connectivity index (χ0v) is 15.2. The van der Waals surface area contributed by atoms with Crippen LogP contribution in [0.4, 0.5) is 4.39 Å². The van der Waals surface area contributed by atoms with Crippen molar-refractivity contribution in [3.8, 4) is 0 Å². The molecule has 0 aromatic heterocycles. The van der Waals surface area contributed by atoms with Crippen molar-refractivity contribution in [2.45, 2.75) is 39.3 Å². The minimum atomic E-state index is -0.343. The molecule has 0 spiro atoms. The van der Waals surface area contributed by atoms with Crippen LogP contribution in [-0.4, -0.2) is 29.3 Å². The highest BCUT2D eigenvalue weighted by molar-refractivity contribution is 5.96. The number of halogens is 1. The van der Waals surface area contributed by atoms with Crippen LogP contribution in [0.5, 0.6) is 0 Å². The van der Waals surface area contributed by atoms with E-state index in [2.05, 4.69) is 5.32 Å². The lowest BCUT2D eigenvalue weighted by Gasteiger charge is -2.26. The van der Waals surface area contributed by atoms with Crippen molar-refractivity contribution in [2.75, 3.05) is 6.54 Å². The third-order valence-corrected chi connectivity index (χ3v) is 4.13. The Morgan fingerprint density at radius 2 is 1.69 bits per heavy atom. The first-order chi connectivity index (χ1) is 12.5. The minimum absolute atomic E-state index is 0.00563. The molecule has 0 fully saturated rings. The Hall–Kier alpha value is -2.69. The number of hydrogen-bond donors (Lipinski definition) is 1. The van der Waals surface area contributed by atoms with Crippen molar-refractivity contribution >= 4 is 11.8 Å². The van der Waals surface area contributed by atoms with Crippen LogP contribution in [-0.2, 0) is 22.6 Å².